The average Bonchev–Trinajstić information content (AvgIpc) is 3.37. The van der Waals surface area contributed by atoms with E-state index in [-0.39, 0.29) is 18.4 Å². The normalized spacial score (nSPS) is 15.9. The van der Waals surface area contributed by atoms with E-state index in [0.717, 1.165) is 22.4 Å². The van der Waals surface area contributed by atoms with Crippen LogP contribution in [0.15, 0.2) is 55.0 Å². The third kappa shape index (κ3) is 3.58. The van der Waals surface area contributed by atoms with Crippen molar-refractivity contribution >= 4 is 28.5 Å². The average molecular weight is 430 g/mol. The number of aromatic amines is 1. The van der Waals surface area contributed by atoms with Crippen LogP contribution < -0.4 is 15.0 Å². The van der Waals surface area contributed by atoms with Crippen LogP contribution in [0.25, 0.3) is 11.0 Å². The summed E-state index contributed by atoms with van der Waals surface area (Å²) in [5, 5.41) is 2.81. The van der Waals surface area contributed by atoms with Gasteiger partial charge in [-0.2, -0.15) is 0 Å². The van der Waals surface area contributed by atoms with Crippen LogP contribution in [0.2, 0.25) is 0 Å². The van der Waals surface area contributed by atoms with E-state index >= 15 is 0 Å². The summed E-state index contributed by atoms with van der Waals surface area (Å²) < 4.78 is 7.66. The maximum absolute atomic E-state index is 13.1. The van der Waals surface area contributed by atoms with Crippen molar-refractivity contribution in [3.63, 3.8) is 0 Å². The summed E-state index contributed by atoms with van der Waals surface area (Å²) in [6, 6.07) is 12.6. The Balaban J connectivity index is 1.36. The summed E-state index contributed by atoms with van der Waals surface area (Å²) in [4.78, 5) is 39.3. The van der Waals surface area contributed by atoms with Gasteiger partial charge in [0.1, 0.15) is 29.9 Å². The number of hydrogen-bond donors (Lipinski definition) is 2. The van der Waals surface area contributed by atoms with E-state index in [1.54, 1.807) is 24.0 Å². The van der Waals surface area contributed by atoms with Crippen LogP contribution in [0.5, 0.6) is 5.75 Å². The third-order valence-corrected chi connectivity index (χ3v) is 5.52. The number of rotatable bonds is 4. The molecule has 0 radical (unpaired) electrons. The zero-order valence-corrected chi connectivity index (χ0v) is 17.7. The van der Waals surface area contributed by atoms with Crippen molar-refractivity contribution in [2.24, 2.45) is 0 Å². The highest BCUT2D eigenvalue weighted by Crippen LogP contribution is 2.34. The van der Waals surface area contributed by atoms with Gasteiger partial charge in [0, 0.05) is 19.7 Å². The molecule has 0 aliphatic carbocycles. The molecule has 2 aromatic carbocycles. The number of carbonyl (C=O) groups is 2. The van der Waals surface area contributed by atoms with Gasteiger partial charge in [0.25, 0.3) is 11.8 Å². The zero-order chi connectivity index (χ0) is 22.2. The lowest BCUT2D eigenvalue weighted by Gasteiger charge is -2.20. The maximum Gasteiger partial charge on any atom is 0.270 e. The zero-order valence-electron chi connectivity index (χ0n) is 17.7. The van der Waals surface area contributed by atoms with E-state index < -0.39 is 6.04 Å². The van der Waals surface area contributed by atoms with Crippen LogP contribution in [-0.4, -0.2) is 51.0 Å². The molecule has 1 atom stereocenters. The molecule has 5 rings (SSSR count). The lowest BCUT2D eigenvalue weighted by molar-refractivity contribution is -0.120. The summed E-state index contributed by atoms with van der Waals surface area (Å²) in [7, 11) is 1.67. The molecule has 4 aromatic rings. The Labute approximate surface area is 184 Å². The van der Waals surface area contributed by atoms with E-state index in [1.165, 1.54) is 11.1 Å². The number of likely N-dealkylation sites (N-methyl/N-ethyl adjacent to an activating group) is 1. The van der Waals surface area contributed by atoms with Crippen LogP contribution in [-0.2, 0) is 11.3 Å². The molecule has 1 aliphatic rings. The SMILES string of the molecule is Cc1nc2cc3c(cc2[nH]1)N(C)C(=O)[C@@H](NC(=O)c1cncn1Cc1ccccc1)CO3. The van der Waals surface area contributed by atoms with Gasteiger partial charge in [-0.3, -0.25) is 9.59 Å². The quantitative estimate of drug-likeness (QED) is 0.517. The van der Waals surface area contributed by atoms with E-state index in [0.29, 0.717) is 23.7 Å². The number of aromatic nitrogens is 4. The molecule has 32 heavy (non-hydrogen) atoms. The number of benzene rings is 2. The first-order valence-corrected chi connectivity index (χ1v) is 10.3. The number of hydrogen-bond acceptors (Lipinski definition) is 5. The molecule has 3 heterocycles. The molecule has 1 aliphatic heterocycles. The fourth-order valence-electron chi connectivity index (χ4n) is 3.88. The monoisotopic (exact) mass is 430 g/mol. The molecule has 9 heteroatoms. The minimum atomic E-state index is -0.840. The molecule has 2 amide bonds. The van der Waals surface area contributed by atoms with E-state index in [2.05, 4.69) is 20.3 Å². The van der Waals surface area contributed by atoms with Crippen LogP contribution in [0.4, 0.5) is 5.69 Å². The van der Waals surface area contributed by atoms with Crippen LogP contribution >= 0.6 is 0 Å². The predicted molar refractivity (Wildman–Crippen MR) is 119 cm³/mol. The van der Waals surface area contributed by atoms with Crippen LogP contribution in [0.3, 0.4) is 0 Å². The van der Waals surface area contributed by atoms with Gasteiger partial charge in [0.2, 0.25) is 0 Å². The molecule has 0 saturated heterocycles. The van der Waals surface area contributed by atoms with Crippen molar-refractivity contribution < 1.29 is 14.3 Å². The number of fused-ring (bicyclic) bond motifs is 2. The van der Waals surface area contributed by atoms with E-state index in [9.17, 15) is 9.59 Å². The number of ether oxygens (including phenoxy) is 1. The van der Waals surface area contributed by atoms with E-state index in [4.69, 9.17) is 4.74 Å². The first-order chi connectivity index (χ1) is 15.5. The molecule has 9 nitrogen and oxygen atoms in total. The standard InChI is InChI=1S/C23H22N6O3/c1-14-25-16-8-19-21(9-17(16)26-14)32-12-18(23(31)28(19)2)27-22(30)20-10-24-13-29(20)11-15-6-4-3-5-7-15/h3-10,13,18H,11-12H2,1-2H3,(H,25,26)(H,27,30)/t18-/m0/s1. The molecule has 0 unspecified atom stereocenters. The number of carbonyl (C=O) groups excluding carboxylic acids is 2. The molecular formula is C23H22N6O3. The van der Waals surface area contributed by atoms with Gasteiger partial charge in [-0.25, -0.2) is 9.97 Å². The van der Waals surface area contributed by atoms with Crippen molar-refractivity contribution in [1.29, 1.82) is 0 Å². The van der Waals surface area contributed by atoms with E-state index in [1.807, 2.05) is 43.3 Å². The fraction of sp³-hybridized carbons (Fsp3) is 0.217. The second-order valence-electron chi connectivity index (χ2n) is 7.79. The number of amides is 2. The summed E-state index contributed by atoms with van der Waals surface area (Å²) in [5.41, 5.74) is 3.62. The number of nitrogens with zero attached hydrogens (tertiary/aromatic N) is 4. The molecule has 2 aromatic heterocycles. The molecular weight excluding hydrogens is 408 g/mol. The molecule has 0 fully saturated rings. The number of nitrogens with one attached hydrogen (secondary N) is 2. The first kappa shape index (κ1) is 19.8. The van der Waals surface area contributed by atoms with Gasteiger partial charge >= 0.3 is 0 Å². The Kier molecular flexibility index (Phi) is 4.85. The van der Waals surface area contributed by atoms with Gasteiger partial charge in [-0.1, -0.05) is 30.3 Å². The molecule has 0 spiro atoms. The summed E-state index contributed by atoms with van der Waals surface area (Å²) in [6.07, 6.45) is 3.10. The lowest BCUT2D eigenvalue weighted by Crippen LogP contribution is -2.49. The van der Waals surface area contributed by atoms with Crippen LogP contribution in [0, 0.1) is 6.92 Å². The van der Waals surface area contributed by atoms with Crippen molar-refractivity contribution in [1.82, 2.24) is 24.8 Å². The topological polar surface area (TPSA) is 105 Å². The largest absolute Gasteiger partial charge is 0.489 e. The summed E-state index contributed by atoms with van der Waals surface area (Å²) in [5.74, 6) is 0.683. The second kappa shape index (κ2) is 7.84. The number of H-pyrrole nitrogens is 1. The Bertz CT molecular complexity index is 1310. The molecule has 162 valence electrons. The maximum atomic E-state index is 13.1. The highest BCUT2D eigenvalue weighted by Gasteiger charge is 2.32. The Hall–Kier alpha value is -4.14. The fourth-order valence-corrected chi connectivity index (χ4v) is 3.88. The molecule has 2 N–H and O–H groups in total. The number of aryl methyl sites for hydroxylation is 1. The molecule has 0 bridgehead atoms. The van der Waals surface area contributed by atoms with Gasteiger partial charge in [-0.05, 0) is 18.6 Å². The first-order valence-electron chi connectivity index (χ1n) is 10.3. The van der Waals surface area contributed by atoms with Gasteiger partial charge in [-0.15, -0.1) is 0 Å². The van der Waals surface area contributed by atoms with Crippen molar-refractivity contribution in [2.45, 2.75) is 19.5 Å². The number of anilines is 1. The van der Waals surface area contributed by atoms with Crippen molar-refractivity contribution in [3.8, 4) is 5.75 Å². The van der Waals surface area contributed by atoms with Gasteiger partial charge in [0.05, 0.1) is 29.2 Å². The highest BCUT2D eigenvalue weighted by atomic mass is 16.5. The second-order valence-corrected chi connectivity index (χ2v) is 7.79. The Morgan fingerprint density at radius 3 is 2.91 bits per heavy atom. The highest BCUT2D eigenvalue weighted by molar-refractivity contribution is 6.04. The van der Waals surface area contributed by atoms with Crippen LogP contribution in [0.1, 0.15) is 21.9 Å². The Morgan fingerprint density at radius 1 is 1.28 bits per heavy atom. The summed E-state index contributed by atoms with van der Waals surface area (Å²) in [6.45, 7) is 2.39. The summed E-state index contributed by atoms with van der Waals surface area (Å²) >= 11 is 0. The minimum absolute atomic E-state index is 0.0175. The lowest BCUT2D eigenvalue weighted by atomic mass is 10.2. The minimum Gasteiger partial charge on any atom is -0.489 e. The third-order valence-electron chi connectivity index (χ3n) is 5.52. The smallest absolute Gasteiger partial charge is 0.270 e. The number of imidazole rings is 2. The Morgan fingerprint density at radius 2 is 2.09 bits per heavy atom. The predicted octanol–water partition coefficient (Wildman–Crippen LogP) is 2.27. The van der Waals surface area contributed by atoms with Gasteiger partial charge in [0.15, 0.2) is 0 Å². The van der Waals surface area contributed by atoms with Crippen molar-refractivity contribution in [3.05, 3.63) is 72.1 Å². The van der Waals surface area contributed by atoms with Gasteiger partial charge < -0.3 is 24.5 Å². The van der Waals surface area contributed by atoms with Crippen molar-refractivity contribution in [2.75, 3.05) is 18.6 Å². The molecule has 0 saturated carbocycles.